The fourth-order valence-electron chi connectivity index (χ4n) is 2.86. The van der Waals surface area contributed by atoms with Crippen molar-refractivity contribution in [3.8, 4) is 0 Å². The molecule has 126 valence electrons. The molecule has 2 aromatic rings. The highest BCUT2D eigenvalue weighted by Gasteiger charge is 2.24. The van der Waals surface area contributed by atoms with Gasteiger partial charge in [-0.3, -0.25) is 14.4 Å². The van der Waals surface area contributed by atoms with Crippen LogP contribution in [0.3, 0.4) is 0 Å². The molecule has 3 N–H and O–H groups in total. The van der Waals surface area contributed by atoms with E-state index in [1.807, 2.05) is 0 Å². The molecule has 0 unspecified atom stereocenters. The molecule has 0 radical (unpaired) electrons. The summed E-state index contributed by atoms with van der Waals surface area (Å²) >= 11 is 7.24. The first-order chi connectivity index (χ1) is 11.5. The van der Waals surface area contributed by atoms with Gasteiger partial charge in [-0.25, -0.2) is 0 Å². The largest absolute Gasteiger partial charge is 0.365 e. The number of hydrogen-bond donors (Lipinski definition) is 2. The Kier molecular flexibility index (Phi) is 4.73. The summed E-state index contributed by atoms with van der Waals surface area (Å²) < 4.78 is 1.22. The van der Waals surface area contributed by atoms with Gasteiger partial charge in [0.1, 0.15) is 11.5 Å². The number of aryl methyl sites for hydroxylation is 1. The maximum atomic E-state index is 12.3. The van der Waals surface area contributed by atoms with E-state index < -0.39 is 11.8 Å². The molecule has 2 aromatic heterocycles. The standard InChI is InChI=1S/C16H16ClN3O3S/c17-9-5-6-13(22)20(7-9)8-12(21)19-16-14(15(18)23)10-3-1-2-4-11(10)24-16/h5-7H,1-4,8H2,(H2,18,23)(H,19,21). The Morgan fingerprint density at radius 3 is 2.79 bits per heavy atom. The summed E-state index contributed by atoms with van der Waals surface area (Å²) in [5.41, 5.74) is 6.53. The molecule has 6 nitrogen and oxygen atoms in total. The molecule has 0 saturated carbocycles. The van der Waals surface area contributed by atoms with Crippen molar-refractivity contribution in [2.75, 3.05) is 5.32 Å². The number of anilines is 1. The number of halogens is 1. The minimum absolute atomic E-state index is 0.180. The maximum Gasteiger partial charge on any atom is 0.251 e. The Morgan fingerprint density at radius 1 is 1.29 bits per heavy atom. The second-order valence-electron chi connectivity index (χ2n) is 5.64. The van der Waals surface area contributed by atoms with E-state index in [1.165, 1.54) is 34.2 Å². The van der Waals surface area contributed by atoms with Gasteiger partial charge in [-0.05, 0) is 37.3 Å². The second-order valence-corrected chi connectivity index (χ2v) is 7.18. The van der Waals surface area contributed by atoms with Gasteiger partial charge in [0, 0.05) is 17.1 Å². The summed E-state index contributed by atoms with van der Waals surface area (Å²) in [6, 6.07) is 2.77. The second kappa shape index (κ2) is 6.78. The van der Waals surface area contributed by atoms with Gasteiger partial charge >= 0.3 is 0 Å². The number of carbonyl (C=O) groups excluding carboxylic acids is 2. The summed E-state index contributed by atoms with van der Waals surface area (Å²) in [7, 11) is 0. The molecule has 0 bridgehead atoms. The van der Waals surface area contributed by atoms with Crippen LogP contribution in [0.1, 0.15) is 33.6 Å². The lowest BCUT2D eigenvalue weighted by atomic mass is 9.95. The van der Waals surface area contributed by atoms with Crippen LogP contribution in [-0.4, -0.2) is 16.4 Å². The van der Waals surface area contributed by atoms with Crippen molar-refractivity contribution in [1.82, 2.24) is 4.57 Å². The average molecular weight is 366 g/mol. The van der Waals surface area contributed by atoms with Gasteiger partial charge in [0.15, 0.2) is 0 Å². The predicted molar refractivity (Wildman–Crippen MR) is 93.8 cm³/mol. The van der Waals surface area contributed by atoms with Crippen LogP contribution in [-0.2, 0) is 24.2 Å². The molecule has 2 heterocycles. The predicted octanol–water partition coefficient (Wildman–Crippen LogP) is 2.18. The molecule has 24 heavy (non-hydrogen) atoms. The summed E-state index contributed by atoms with van der Waals surface area (Å²) in [5.74, 6) is -0.940. The number of nitrogens with zero attached hydrogens (tertiary/aromatic N) is 1. The smallest absolute Gasteiger partial charge is 0.251 e. The van der Waals surface area contributed by atoms with E-state index in [0.717, 1.165) is 36.1 Å². The molecular formula is C16H16ClN3O3S. The number of nitrogens with one attached hydrogen (secondary N) is 1. The number of hydrogen-bond acceptors (Lipinski definition) is 4. The average Bonchev–Trinajstić information content (AvgIpc) is 2.88. The van der Waals surface area contributed by atoms with E-state index in [0.29, 0.717) is 15.6 Å². The van der Waals surface area contributed by atoms with Gasteiger partial charge in [-0.2, -0.15) is 0 Å². The highest BCUT2D eigenvalue weighted by molar-refractivity contribution is 7.17. The summed E-state index contributed by atoms with van der Waals surface area (Å²) in [5, 5.41) is 3.55. The minimum atomic E-state index is -0.537. The first kappa shape index (κ1) is 16.7. The monoisotopic (exact) mass is 365 g/mol. The highest BCUT2D eigenvalue weighted by atomic mass is 35.5. The number of aromatic nitrogens is 1. The van der Waals surface area contributed by atoms with E-state index in [-0.39, 0.29) is 12.1 Å². The molecule has 0 aromatic carbocycles. The van der Waals surface area contributed by atoms with Crippen molar-refractivity contribution in [3.05, 3.63) is 49.7 Å². The number of carbonyl (C=O) groups is 2. The van der Waals surface area contributed by atoms with Crippen molar-refractivity contribution < 1.29 is 9.59 Å². The minimum Gasteiger partial charge on any atom is -0.365 e. The fourth-order valence-corrected chi connectivity index (χ4v) is 4.35. The van der Waals surface area contributed by atoms with E-state index in [1.54, 1.807) is 0 Å². The van der Waals surface area contributed by atoms with Crippen molar-refractivity contribution >= 4 is 39.8 Å². The van der Waals surface area contributed by atoms with Crippen LogP contribution in [0.5, 0.6) is 0 Å². The molecule has 2 amide bonds. The molecule has 0 fully saturated rings. The van der Waals surface area contributed by atoms with Crippen LogP contribution in [0.2, 0.25) is 5.02 Å². The van der Waals surface area contributed by atoms with Crippen molar-refractivity contribution in [2.24, 2.45) is 5.73 Å². The summed E-state index contributed by atoms with van der Waals surface area (Å²) in [4.78, 5) is 36.9. The van der Waals surface area contributed by atoms with Crippen LogP contribution in [0.15, 0.2) is 23.1 Å². The number of rotatable bonds is 4. The van der Waals surface area contributed by atoms with E-state index in [4.69, 9.17) is 17.3 Å². The van der Waals surface area contributed by atoms with Gasteiger partial charge in [-0.15, -0.1) is 11.3 Å². The van der Waals surface area contributed by atoms with E-state index >= 15 is 0 Å². The van der Waals surface area contributed by atoms with Gasteiger partial charge in [0.25, 0.3) is 11.5 Å². The molecule has 1 aliphatic carbocycles. The van der Waals surface area contributed by atoms with Gasteiger partial charge in [0.2, 0.25) is 5.91 Å². The Bertz CT molecular complexity index is 872. The van der Waals surface area contributed by atoms with Crippen LogP contribution >= 0.6 is 22.9 Å². The Balaban J connectivity index is 1.84. The van der Waals surface area contributed by atoms with Crippen LogP contribution in [0.4, 0.5) is 5.00 Å². The highest BCUT2D eigenvalue weighted by Crippen LogP contribution is 2.37. The Hall–Kier alpha value is -2.12. The third-order valence-corrected chi connectivity index (χ3v) is 5.36. The lowest BCUT2D eigenvalue weighted by Gasteiger charge is -2.11. The van der Waals surface area contributed by atoms with Gasteiger partial charge < -0.3 is 15.6 Å². The fraction of sp³-hybridized carbons (Fsp3) is 0.312. The van der Waals surface area contributed by atoms with Crippen LogP contribution in [0.25, 0.3) is 0 Å². The molecule has 8 heteroatoms. The summed E-state index contributed by atoms with van der Waals surface area (Å²) in [6.45, 7) is -0.180. The lowest BCUT2D eigenvalue weighted by Crippen LogP contribution is -2.27. The van der Waals surface area contributed by atoms with Crippen LogP contribution in [0, 0.1) is 0 Å². The molecule has 3 rings (SSSR count). The molecule has 1 aliphatic rings. The third-order valence-electron chi connectivity index (χ3n) is 3.93. The van der Waals surface area contributed by atoms with Gasteiger partial charge in [0.05, 0.1) is 10.6 Å². The molecule has 0 spiro atoms. The first-order valence-corrected chi connectivity index (χ1v) is 8.75. The quantitative estimate of drug-likeness (QED) is 0.869. The van der Waals surface area contributed by atoms with E-state index in [2.05, 4.69) is 5.32 Å². The van der Waals surface area contributed by atoms with Crippen LogP contribution < -0.4 is 16.6 Å². The number of nitrogens with two attached hydrogens (primary N) is 1. The number of primary amides is 1. The number of fused-ring (bicyclic) bond motifs is 1. The number of thiophene rings is 1. The normalized spacial score (nSPS) is 13.4. The zero-order chi connectivity index (χ0) is 17.3. The Labute approximate surface area is 147 Å². The number of amides is 2. The third kappa shape index (κ3) is 3.37. The lowest BCUT2D eigenvalue weighted by molar-refractivity contribution is -0.116. The topological polar surface area (TPSA) is 94.2 Å². The molecule has 0 saturated heterocycles. The van der Waals surface area contributed by atoms with E-state index in [9.17, 15) is 14.4 Å². The zero-order valence-electron chi connectivity index (χ0n) is 12.8. The van der Waals surface area contributed by atoms with Crippen molar-refractivity contribution in [1.29, 1.82) is 0 Å². The molecule has 0 atom stereocenters. The number of pyridine rings is 1. The SMILES string of the molecule is NC(=O)c1c(NC(=O)Cn2cc(Cl)ccc2=O)sc2c1CCCC2. The maximum absolute atomic E-state index is 12.3. The van der Waals surface area contributed by atoms with Gasteiger partial charge in [-0.1, -0.05) is 11.6 Å². The van der Waals surface area contributed by atoms with Crippen molar-refractivity contribution in [3.63, 3.8) is 0 Å². The van der Waals surface area contributed by atoms with Crippen molar-refractivity contribution in [2.45, 2.75) is 32.2 Å². The Morgan fingerprint density at radius 2 is 2.04 bits per heavy atom. The molecular weight excluding hydrogens is 350 g/mol. The molecule has 0 aliphatic heterocycles. The first-order valence-electron chi connectivity index (χ1n) is 7.56. The summed E-state index contributed by atoms with van der Waals surface area (Å²) in [6.07, 6.45) is 5.17. The zero-order valence-corrected chi connectivity index (χ0v) is 14.4.